The first-order valence-electron chi connectivity index (χ1n) is 11.6. The summed E-state index contributed by atoms with van der Waals surface area (Å²) in [5.74, 6) is 0.601. The molecule has 3 aromatic rings. The monoisotopic (exact) mass is 460 g/mol. The second-order valence-corrected chi connectivity index (χ2v) is 8.83. The standard InChI is InChI=1S/C25H28N6O3/c1-16-4-2-5-18-7-11-28-24(22(16)18)31(19-6-3-10-27-15-19)25(33)30-12-8-17(9-13-30)21-14-20(23(26)32)29-34-21/h2,4-5,7-8,11,14,19,27H,3,6,9-10,12-13,15H2,1H3,(H2,26,32)/t19-/m1/s1. The molecule has 0 aliphatic carbocycles. The third kappa shape index (κ3) is 4.14. The normalized spacial score (nSPS) is 18.6. The Morgan fingerprint density at radius 1 is 1.29 bits per heavy atom. The Morgan fingerprint density at radius 2 is 2.18 bits per heavy atom. The number of carbonyl (C=O) groups is 2. The molecule has 3 amide bonds. The average Bonchev–Trinajstić information content (AvgIpc) is 3.36. The van der Waals surface area contributed by atoms with Crippen LogP contribution < -0.4 is 16.0 Å². The SMILES string of the molecule is Cc1cccc2ccnc(N(C(=O)N3CC=C(c4cc(C(N)=O)no4)CC3)[C@@H]3CCCNC3)c12. The Bertz CT molecular complexity index is 1260. The third-order valence-electron chi connectivity index (χ3n) is 6.61. The number of fused-ring (bicyclic) bond motifs is 1. The van der Waals surface area contributed by atoms with Crippen molar-refractivity contribution < 1.29 is 14.1 Å². The van der Waals surface area contributed by atoms with Gasteiger partial charge in [0.05, 0.1) is 6.04 Å². The molecule has 1 fully saturated rings. The number of piperidine rings is 1. The van der Waals surface area contributed by atoms with Crippen LogP contribution in [-0.2, 0) is 0 Å². The fraction of sp³-hybridized carbons (Fsp3) is 0.360. The number of hydrogen-bond donors (Lipinski definition) is 2. The molecule has 2 aliphatic heterocycles. The van der Waals surface area contributed by atoms with Crippen LogP contribution >= 0.6 is 0 Å². The van der Waals surface area contributed by atoms with Crippen molar-refractivity contribution in [1.82, 2.24) is 20.4 Å². The molecular weight excluding hydrogens is 432 g/mol. The molecule has 0 spiro atoms. The number of aryl methyl sites for hydroxylation is 1. The summed E-state index contributed by atoms with van der Waals surface area (Å²) < 4.78 is 5.28. The Morgan fingerprint density at radius 3 is 2.88 bits per heavy atom. The van der Waals surface area contributed by atoms with Crippen LogP contribution in [0.25, 0.3) is 16.3 Å². The minimum Gasteiger partial charge on any atom is -0.364 e. The number of urea groups is 1. The molecule has 4 heterocycles. The zero-order chi connectivity index (χ0) is 23.7. The van der Waals surface area contributed by atoms with Gasteiger partial charge in [-0.15, -0.1) is 0 Å². The van der Waals surface area contributed by atoms with Gasteiger partial charge in [-0.2, -0.15) is 0 Å². The van der Waals surface area contributed by atoms with Gasteiger partial charge in [0.15, 0.2) is 11.5 Å². The number of nitrogens with one attached hydrogen (secondary N) is 1. The summed E-state index contributed by atoms with van der Waals surface area (Å²) in [7, 11) is 0. The number of nitrogens with zero attached hydrogens (tertiary/aromatic N) is 4. The van der Waals surface area contributed by atoms with Gasteiger partial charge in [-0.3, -0.25) is 9.69 Å². The lowest BCUT2D eigenvalue weighted by Gasteiger charge is -2.38. The number of pyridine rings is 1. The van der Waals surface area contributed by atoms with Crippen LogP contribution in [-0.4, -0.2) is 59.2 Å². The molecule has 0 saturated carbocycles. The Kier molecular flexibility index (Phi) is 6.02. The molecule has 3 N–H and O–H groups in total. The van der Waals surface area contributed by atoms with E-state index in [0.717, 1.165) is 47.8 Å². The highest BCUT2D eigenvalue weighted by Crippen LogP contribution is 2.32. The zero-order valence-corrected chi connectivity index (χ0v) is 19.2. The van der Waals surface area contributed by atoms with E-state index in [0.29, 0.717) is 31.1 Å². The number of primary amides is 1. The maximum Gasteiger partial charge on any atom is 0.326 e. The second-order valence-electron chi connectivity index (χ2n) is 8.83. The number of rotatable bonds is 4. The first-order chi connectivity index (χ1) is 16.5. The summed E-state index contributed by atoms with van der Waals surface area (Å²) >= 11 is 0. The van der Waals surface area contributed by atoms with Crippen LogP contribution in [0, 0.1) is 6.92 Å². The average molecular weight is 461 g/mol. The van der Waals surface area contributed by atoms with Crippen molar-refractivity contribution in [2.24, 2.45) is 5.73 Å². The number of aromatic nitrogens is 2. The summed E-state index contributed by atoms with van der Waals surface area (Å²) in [5.41, 5.74) is 7.38. The topological polar surface area (TPSA) is 118 Å². The second kappa shape index (κ2) is 9.26. The van der Waals surface area contributed by atoms with Crippen molar-refractivity contribution in [3.05, 3.63) is 59.6 Å². The van der Waals surface area contributed by atoms with Crippen molar-refractivity contribution in [3.63, 3.8) is 0 Å². The van der Waals surface area contributed by atoms with Crippen LogP contribution in [0.4, 0.5) is 10.6 Å². The highest BCUT2D eigenvalue weighted by Gasteiger charge is 2.33. The number of carbonyl (C=O) groups excluding carboxylic acids is 2. The predicted molar refractivity (Wildman–Crippen MR) is 129 cm³/mol. The molecule has 34 heavy (non-hydrogen) atoms. The van der Waals surface area contributed by atoms with Crippen molar-refractivity contribution in [3.8, 4) is 0 Å². The predicted octanol–water partition coefficient (Wildman–Crippen LogP) is 3.10. The third-order valence-corrected chi connectivity index (χ3v) is 6.61. The number of hydrogen-bond acceptors (Lipinski definition) is 6. The first-order valence-corrected chi connectivity index (χ1v) is 11.6. The summed E-state index contributed by atoms with van der Waals surface area (Å²) in [4.78, 5) is 33.7. The molecule has 1 aromatic carbocycles. The lowest BCUT2D eigenvalue weighted by atomic mass is 10.0. The largest absolute Gasteiger partial charge is 0.364 e. The lowest BCUT2D eigenvalue weighted by Crippen LogP contribution is -2.54. The van der Waals surface area contributed by atoms with Crippen molar-refractivity contribution >= 4 is 34.1 Å². The van der Waals surface area contributed by atoms with Gasteiger partial charge >= 0.3 is 6.03 Å². The molecule has 176 valence electrons. The van der Waals surface area contributed by atoms with E-state index >= 15 is 0 Å². The molecule has 2 aromatic heterocycles. The van der Waals surface area contributed by atoms with E-state index in [9.17, 15) is 9.59 Å². The van der Waals surface area contributed by atoms with Gasteiger partial charge in [0.1, 0.15) is 5.82 Å². The molecule has 0 bridgehead atoms. The molecule has 5 rings (SSSR count). The summed E-state index contributed by atoms with van der Waals surface area (Å²) in [5, 5.41) is 9.24. The van der Waals surface area contributed by atoms with Crippen LogP contribution in [0.15, 0.2) is 47.1 Å². The Labute approximate surface area is 197 Å². The minimum atomic E-state index is -0.627. The van der Waals surface area contributed by atoms with E-state index in [2.05, 4.69) is 29.5 Å². The van der Waals surface area contributed by atoms with Gasteiger partial charge < -0.3 is 20.5 Å². The maximum absolute atomic E-state index is 13.9. The van der Waals surface area contributed by atoms with Gasteiger partial charge in [0, 0.05) is 37.3 Å². The molecule has 9 heteroatoms. The van der Waals surface area contributed by atoms with Crippen LogP contribution in [0.3, 0.4) is 0 Å². The van der Waals surface area contributed by atoms with Gasteiger partial charge in [-0.25, -0.2) is 9.78 Å². The minimum absolute atomic E-state index is 0.0248. The van der Waals surface area contributed by atoms with E-state index in [1.165, 1.54) is 0 Å². The summed E-state index contributed by atoms with van der Waals surface area (Å²) in [6.07, 6.45) is 6.26. The summed E-state index contributed by atoms with van der Waals surface area (Å²) in [6.45, 7) is 4.71. The van der Waals surface area contributed by atoms with Crippen LogP contribution in [0.5, 0.6) is 0 Å². The van der Waals surface area contributed by atoms with E-state index < -0.39 is 5.91 Å². The van der Waals surface area contributed by atoms with E-state index in [-0.39, 0.29) is 17.8 Å². The fourth-order valence-corrected chi connectivity index (χ4v) is 4.81. The van der Waals surface area contributed by atoms with Gasteiger partial charge in [0.25, 0.3) is 5.91 Å². The number of nitrogens with two attached hydrogens (primary N) is 1. The molecule has 0 radical (unpaired) electrons. The van der Waals surface area contributed by atoms with Gasteiger partial charge in [-0.05, 0) is 55.3 Å². The van der Waals surface area contributed by atoms with Gasteiger partial charge in [0.2, 0.25) is 0 Å². The quantitative estimate of drug-likeness (QED) is 0.618. The molecule has 1 atom stereocenters. The fourth-order valence-electron chi connectivity index (χ4n) is 4.81. The van der Waals surface area contributed by atoms with Gasteiger partial charge in [-0.1, -0.05) is 29.4 Å². The number of anilines is 1. The number of benzene rings is 1. The van der Waals surface area contributed by atoms with E-state index in [4.69, 9.17) is 15.2 Å². The maximum atomic E-state index is 13.9. The highest BCUT2D eigenvalue weighted by atomic mass is 16.5. The Hall–Kier alpha value is -3.72. The van der Waals surface area contributed by atoms with E-state index in [1.54, 1.807) is 12.3 Å². The van der Waals surface area contributed by atoms with Crippen molar-refractivity contribution in [2.45, 2.75) is 32.2 Å². The highest BCUT2D eigenvalue weighted by molar-refractivity contribution is 6.03. The molecule has 1 saturated heterocycles. The Balaban J connectivity index is 1.45. The zero-order valence-electron chi connectivity index (χ0n) is 19.2. The van der Waals surface area contributed by atoms with Crippen molar-refractivity contribution in [2.75, 3.05) is 31.1 Å². The first kappa shape index (κ1) is 22.1. The van der Waals surface area contributed by atoms with Crippen LogP contribution in [0.1, 0.15) is 41.1 Å². The van der Waals surface area contributed by atoms with Crippen molar-refractivity contribution in [1.29, 1.82) is 0 Å². The smallest absolute Gasteiger partial charge is 0.326 e. The van der Waals surface area contributed by atoms with E-state index in [1.807, 2.05) is 28.0 Å². The molecule has 0 unspecified atom stereocenters. The summed E-state index contributed by atoms with van der Waals surface area (Å²) in [6, 6.07) is 9.65. The lowest BCUT2D eigenvalue weighted by molar-refractivity contribution is 0.0991. The molecule has 9 nitrogen and oxygen atoms in total. The van der Waals surface area contributed by atoms with Crippen LogP contribution in [0.2, 0.25) is 0 Å². The molecular formula is C25H28N6O3. The number of amides is 3. The molecule has 2 aliphatic rings.